The second-order valence-corrected chi connectivity index (χ2v) is 5.30. The summed E-state index contributed by atoms with van der Waals surface area (Å²) in [6.45, 7) is 3.95. The fourth-order valence-corrected chi connectivity index (χ4v) is 2.36. The van der Waals surface area contributed by atoms with Crippen molar-refractivity contribution in [1.29, 1.82) is 0 Å². The van der Waals surface area contributed by atoms with Crippen LogP contribution in [-0.4, -0.2) is 66.7 Å². The SMILES string of the molecule is CCC(CNC(=O)N(C)C1CCCN(C)C1)C(=O)O. The monoisotopic (exact) mass is 271 g/mol. The van der Waals surface area contributed by atoms with Crippen LogP contribution in [0.25, 0.3) is 0 Å². The number of hydrogen-bond donors (Lipinski definition) is 2. The van der Waals surface area contributed by atoms with Crippen molar-refractivity contribution < 1.29 is 14.7 Å². The number of carbonyl (C=O) groups is 2. The Labute approximate surface area is 114 Å². The maximum atomic E-state index is 12.0. The summed E-state index contributed by atoms with van der Waals surface area (Å²) >= 11 is 0. The van der Waals surface area contributed by atoms with Gasteiger partial charge < -0.3 is 20.2 Å². The van der Waals surface area contributed by atoms with Gasteiger partial charge in [-0.25, -0.2) is 4.79 Å². The lowest BCUT2D eigenvalue weighted by Gasteiger charge is -2.35. The number of likely N-dealkylation sites (N-methyl/N-ethyl adjacent to an activating group) is 2. The number of nitrogens with one attached hydrogen (secondary N) is 1. The molecule has 0 aliphatic carbocycles. The zero-order chi connectivity index (χ0) is 14.4. The van der Waals surface area contributed by atoms with Gasteiger partial charge in [0.1, 0.15) is 0 Å². The maximum Gasteiger partial charge on any atom is 0.317 e. The van der Waals surface area contributed by atoms with Crippen LogP contribution < -0.4 is 5.32 Å². The number of aliphatic carboxylic acids is 1. The van der Waals surface area contributed by atoms with Gasteiger partial charge >= 0.3 is 12.0 Å². The standard InChI is InChI=1S/C13H25N3O3/c1-4-10(12(17)18)8-14-13(19)16(3)11-6-5-7-15(2)9-11/h10-11H,4-9H2,1-3H3,(H,14,19)(H,17,18). The fourth-order valence-electron chi connectivity index (χ4n) is 2.36. The van der Waals surface area contributed by atoms with Crippen LogP contribution in [0.2, 0.25) is 0 Å². The third-order valence-corrected chi connectivity index (χ3v) is 3.81. The van der Waals surface area contributed by atoms with Gasteiger partial charge in [-0.2, -0.15) is 0 Å². The number of carboxylic acids is 1. The number of carboxylic acid groups (broad SMARTS) is 1. The Kier molecular flexibility index (Phi) is 6.08. The van der Waals surface area contributed by atoms with Crippen LogP contribution in [0.1, 0.15) is 26.2 Å². The first-order valence-corrected chi connectivity index (χ1v) is 6.87. The molecule has 0 spiro atoms. The van der Waals surface area contributed by atoms with Gasteiger partial charge in [0.25, 0.3) is 0 Å². The zero-order valence-corrected chi connectivity index (χ0v) is 12.1. The molecule has 110 valence electrons. The van der Waals surface area contributed by atoms with E-state index in [4.69, 9.17) is 5.11 Å². The first-order valence-electron chi connectivity index (χ1n) is 6.87. The Morgan fingerprint density at radius 3 is 2.74 bits per heavy atom. The summed E-state index contributed by atoms with van der Waals surface area (Å²) in [5.74, 6) is -1.37. The van der Waals surface area contributed by atoms with Crippen LogP contribution in [0.4, 0.5) is 4.79 Å². The summed E-state index contributed by atoms with van der Waals surface area (Å²) in [6.07, 6.45) is 2.61. The zero-order valence-electron chi connectivity index (χ0n) is 12.1. The largest absolute Gasteiger partial charge is 0.481 e. The summed E-state index contributed by atoms with van der Waals surface area (Å²) < 4.78 is 0. The molecule has 1 rings (SSSR count). The van der Waals surface area contributed by atoms with E-state index in [1.807, 2.05) is 6.92 Å². The van der Waals surface area contributed by atoms with Gasteiger partial charge in [0.15, 0.2) is 0 Å². The molecule has 0 radical (unpaired) electrons. The van der Waals surface area contributed by atoms with Crippen LogP contribution in [0.15, 0.2) is 0 Å². The lowest BCUT2D eigenvalue weighted by Crippen LogP contribution is -2.51. The number of urea groups is 1. The first kappa shape index (κ1) is 15.8. The van der Waals surface area contributed by atoms with Crippen molar-refractivity contribution in [2.45, 2.75) is 32.2 Å². The molecule has 1 saturated heterocycles. The van der Waals surface area contributed by atoms with E-state index in [2.05, 4.69) is 17.3 Å². The first-order chi connectivity index (χ1) is 8.95. The lowest BCUT2D eigenvalue weighted by molar-refractivity contribution is -0.141. The highest BCUT2D eigenvalue weighted by Crippen LogP contribution is 2.13. The van der Waals surface area contributed by atoms with E-state index in [0.29, 0.717) is 6.42 Å². The van der Waals surface area contributed by atoms with E-state index in [9.17, 15) is 9.59 Å². The van der Waals surface area contributed by atoms with Crippen molar-refractivity contribution in [2.75, 3.05) is 33.7 Å². The van der Waals surface area contributed by atoms with E-state index < -0.39 is 11.9 Å². The molecule has 1 aliphatic rings. The molecule has 0 bridgehead atoms. The molecular weight excluding hydrogens is 246 g/mol. The normalized spacial score (nSPS) is 21.7. The van der Waals surface area contributed by atoms with Gasteiger partial charge in [-0.1, -0.05) is 6.92 Å². The van der Waals surface area contributed by atoms with Crippen LogP contribution >= 0.6 is 0 Å². The molecule has 1 fully saturated rings. The van der Waals surface area contributed by atoms with Crippen molar-refractivity contribution in [2.24, 2.45) is 5.92 Å². The number of hydrogen-bond acceptors (Lipinski definition) is 3. The number of likely N-dealkylation sites (tertiary alicyclic amines) is 1. The van der Waals surface area contributed by atoms with Crippen molar-refractivity contribution in [3.63, 3.8) is 0 Å². The smallest absolute Gasteiger partial charge is 0.317 e. The quantitative estimate of drug-likeness (QED) is 0.777. The summed E-state index contributed by atoms with van der Waals surface area (Å²) in [5, 5.41) is 11.7. The molecule has 0 saturated carbocycles. The van der Waals surface area contributed by atoms with E-state index in [0.717, 1.165) is 25.9 Å². The summed E-state index contributed by atoms with van der Waals surface area (Å²) in [4.78, 5) is 26.8. The molecule has 0 aromatic rings. The average Bonchev–Trinajstić information content (AvgIpc) is 2.38. The number of rotatable bonds is 5. The second-order valence-electron chi connectivity index (χ2n) is 5.30. The van der Waals surface area contributed by atoms with Crippen LogP contribution in [0.3, 0.4) is 0 Å². The second kappa shape index (κ2) is 7.33. The Hall–Kier alpha value is -1.30. The Bertz CT molecular complexity index is 322. The molecule has 2 N–H and O–H groups in total. The Morgan fingerprint density at radius 1 is 1.53 bits per heavy atom. The Morgan fingerprint density at radius 2 is 2.21 bits per heavy atom. The molecule has 0 aromatic carbocycles. The summed E-state index contributed by atoms with van der Waals surface area (Å²) in [5.41, 5.74) is 0. The van der Waals surface area contributed by atoms with Gasteiger partial charge in [0.05, 0.1) is 5.92 Å². The lowest BCUT2D eigenvalue weighted by atomic mass is 10.1. The molecule has 1 heterocycles. The molecule has 1 aliphatic heterocycles. The highest BCUT2D eigenvalue weighted by molar-refractivity contribution is 5.76. The molecule has 19 heavy (non-hydrogen) atoms. The third-order valence-electron chi connectivity index (χ3n) is 3.81. The van der Waals surface area contributed by atoms with Crippen LogP contribution in [-0.2, 0) is 4.79 Å². The van der Waals surface area contributed by atoms with Gasteiger partial charge in [-0.05, 0) is 32.9 Å². The van der Waals surface area contributed by atoms with Crippen LogP contribution in [0, 0.1) is 5.92 Å². The number of piperidine rings is 1. The topological polar surface area (TPSA) is 72.9 Å². The molecule has 2 unspecified atom stereocenters. The molecule has 2 amide bonds. The van der Waals surface area contributed by atoms with Crippen molar-refractivity contribution in [3.05, 3.63) is 0 Å². The molecule has 6 nitrogen and oxygen atoms in total. The highest BCUT2D eigenvalue weighted by Gasteiger charge is 2.25. The average molecular weight is 271 g/mol. The van der Waals surface area contributed by atoms with Crippen LogP contribution in [0.5, 0.6) is 0 Å². The van der Waals surface area contributed by atoms with Crippen molar-refractivity contribution in [3.8, 4) is 0 Å². The van der Waals surface area contributed by atoms with Gasteiger partial charge in [0, 0.05) is 26.2 Å². The van der Waals surface area contributed by atoms with E-state index >= 15 is 0 Å². The van der Waals surface area contributed by atoms with E-state index in [1.165, 1.54) is 0 Å². The summed E-state index contributed by atoms with van der Waals surface area (Å²) in [6, 6.07) is 0.0312. The predicted molar refractivity (Wildman–Crippen MR) is 73.1 cm³/mol. The minimum absolute atomic E-state index is 0.181. The molecule has 6 heteroatoms. The number of amides is 2. The van der Waals surface area contributed by atoms with E-state index in [1.54, 1.807) is 11.9 Å². The molecular formula is C13H25N3O3. The highest BCUT2D eigenvalue weighted by atomic mass is 16.4. The minimum Gasteiger partial charge on any atom is -0.481 e. The molecule has 2 atom stereocenters. The Balaban J connectivity index is 2.41. The summed E-state index contributed by atoms with van der Waals surface area (Å²) in [7, 11) is 3.83. The van der Waals surface area contributed by atoms with Gasteiger partial charge in [0.2, 0.25) is 0 Å². The number of carbonyl (C=O) groups excluding carboxylic acids is 1. The third kappa shape index (κ3) is 4.70. The maximum absolute atomic E-state index is 12.0. The van der Waals surface area contributed by atoms with Gasteiger partial charge in [-0.3, -0.25) is 4.79 Å². The predicted octanol–water partition coefficient (Wildman–Crippen LogP) is 0.833. The fraction of sp³-hybridized carbons (Fsp3) is 0.846. The van der Waals surface area contributed by atoms with E-state index in [-0.39, 0.29) is 18.6 Å². The minimum atomic E-state index is -0.858. The van der Waals surface area contributed by atoms with Crippen molar-refractivity contribution in [1.82, 2.24) is 15.1 Å². The van der Waals surface area contributed by atoms with Crippen molar-refractivity contribution >= 4 is 12.0 Å². The van der Waals surface area contributed by atoms with Gasteiger partial charge in [-0.15, -0.1) is 0 Å². The molecule has 0 aromatic heterocycles. The number of nitrogens with zero attached hydrogens (tertiary/aromatic N) is 2.